The minimum absolute atomic E-state index is 0.0625. The minimum Gasteiger partial charge on any atom is -0.324 e. The zero-order chi connectivity index (χ0) is 20.4. The van der Waals surface area contributed by atoms with Crippen LogP contribution in [0.4, 0.5) is 0 Å². The van der Waals surface area contributed by atoms with Crippen LogP contribution in [0.5, 0.6) is 0 Å². The van der Waals surface area contributed by atoms with Gasteiger partial charge >= 0.3 is 22.8 Å². The van der Waals surface area contributed by atoms with Crippen LogP contribution in [0.3, 0.4) is 0 Å². The molecule has 0 aliphatic rings. The van der Waals surface area contributed by atoms with E-state index in [-0.39, 0.29) is 11.3 Å². The smallest absolute Gasteiger partial charge is 0.324 e. The zero-order valence-corrected chi connectivity index (χ0v) is 18.5. The van der Waals surface area contributed by atoms with Gasteiger partial charge in [0.1, 0.15) is 0 Å². The van der Waals surface area contributed by atoms with E-state index in [1.807, 2.05) is 0 Å². The molecule has 0 saturated heterocycles. The maximum atomic E-state index is 11.2. The normalized spacial score (nSPS) is 14.6. The summed E-state index contributed by atoms with van der Waals surface area (Å²) in [6.07, 6.45) is 0. The summed E-state index contributed by atoms with van der Waals surface area (Å²) in [5, 5.41) is 0. The van der Waals surface area contributed by atoms with Crippen LogP contribution in [0.25, 0.3) is 0 Å². The lowest BCUT2D eigenvalue weighted by Crippen LogP contribution is -2.00. The average molecular weight is 414 g/mol. The summed E-state index contributed by atoms with van der Waals surface area (Å²) in [7, 11) is -5.71. The summed E-state index contributed by atoms with van der Waals surface area (Å²) in [6, 6.07) is 0. The summed E-state index contributed by atoms with van der Waals surface area (Å²) in [6.45, 7) is 9.86. The van der Waals surface area contributed by atoms with Crippen molar-refractivity contribution in [1.29, 1.82) is 0 Å². The molecule has 0 aliphatic heterocycles. The Kier molecular flexibility index (Phi) is 15.5. The highest BCUT2D eigenvalue weighted by molar-refractivity contribution is 7.54. The molecule has 0 aromatic rings. The molecule has 24 heavy (non-hydrogen) atoms. The third kappa shape index (κ3) is 13.7. The quantitative estimate of drug-likeness (QED) is 0.555. The second-order valence-corrected chi connectivity index (χ2v) is 13.1. The summed E-state index contributed by atoms with van der Waals surface area (Å²) in [4.78, 5) is 25.1. The molecule has 0 spiro atoms. The van der Waals surface area contributed by atoms with Crippen molar-refractivity contribution in [3.8, 4) is 0 Å². The van der Waals surface area contributed by atoms with Gasteiger partial charge in [0.25, 0.3) is 0 Å². The van der Waals surface area contributed by atoms with Crippen LogP contribution < -0.4 is 0 Å². The van der Waals surface area contributed by atoms with Gasteiger partial charge in [-0.15, -0.1) is 0 Å². The molecule has 0 aromatic carbocycles. The second kappa shape index (κ2) is 12.7. The first-order valence-corrected chi connectivity index (χ1v) is 12.1. The standard InChI is InChI=1S/C5H13O3P.C4H11O3P.C3H9O3P/c1-5(2)9(6,7-3)8-4;1-4(2)8(5,6)7-3;1-3(2)7(4,5)6/h5H,1-4H3;4H,1-3H3,(H,5,6);3H,1-2H3,(H2,4,5,6). The van der Waals surface area contributed by atoms with Crippen molar-refractivity contribution < 1.29 is 41.9 Å². The van der Waals surface area contributed by atoms with Gasteiger partial charge in [-0.25, -0.2) is 0 Å². The van der Waals surface area contributed by atoms with Crippen molar-refractivity contribution in [1.82, 2.24) is 0 Å². The third-order valence-electron chi connectivity index (χ3n) is 2.73. The molecule has 0 amide bonds. The van der Waals surface area contributed by atoms with Gasteiger partial charge < -0.3 is 28.3 Å². The van der Waals surface area contributed by atoms with E-state index in [1.165, 1.54) is 35.2 Å². The lowest BCUT2D eigenvalue weighted by molar-refractivity contribution is 0.269. The highest BCUT2D eigenvalue weighted by Gasteiger charge is 2.25. The molecule has 0 heterocycles. The fourth-order valence-corrected chi connectivity index (χ4v) is 2.12. The van der Waals surface area contributed by atoms with Crippen molar-refractivity contribution >= 4 is 22.8 Å². The van der Waals surface area contributed by atoms with Crippen LogP contribution in [0.2, 0.25) is 0 Å². The molecule has 0 saturated carbocycles. The maximum Gasteiger partial charge on any atom is 0.332 e. The van der Waals surface area contributed by atoms with Crippen LogP contribution >= 0.6 is 22.8 Å². The topological polar surface area (TPSA) is 140 Å². The van der Waals surface area contributed by atoms with E-state index in [9.17, 15) is 13.7 Å². The molecule has 12 heteroatoms. The largest absolute Gasteiger partial charge is 0.332 e. The second-order valence-electron chi connectivity index (χ2n) is 5.52. The first kappa shape index (κ1) is 29.2. The van der Waals surface area contributed by atoms with Crippen molar-refractivity contribution in [2.75, 3.05) is 21.3 Å². The van der Waals surface area contributed by atoms with E-state index < -0.39 is 28.4 Å². The lowest BCUT2D eigenvalue weighted by Gasteiger charge is -2.16. The van der Waals surface area contributed by atoms with Gasteiger partial charge in [0.05, 0.1) is 17.0 Å². The third-order valence-corrected chi connectivity index (χ3v) is 8.18. The monoisotopic (exact) mass is 414 g/mol. The van der Waals surface area contributed by atoms with Crippen LogP contribution in [0, 0.1) is 0 Å². The first-order chi connectivity index (χ1) is 10.5. The minimum atomic E-state index is -3.74. The molecule has 1 unspecified atom stereocenters. The number of hydrogen-bond donors (Lipinski definition) is 3. The van der Waals surface area contributed by atoms with E-state index in [1.54, 1.807) is 27.7 Å². The summed E-state index contributed by atoms with van der Waals surface area (Å²) >= 11 is 0. The Morgan fingerprint density at radius 1 is 0.625 bits per heavy atom. The molecule has 0 radical (unpaired) electrons. The van der Waals surface area contributed by atoms with Crippen LogP contribution in [0.15, 0.2) is 0 Å². The fourth-order valence-electron chi connectivity index (χ4n) is 0.707. The Morgan fingerprint density at radius 3 is 0.917 bits per heavy atom. The van der Waals surface area contributed by atoms with Crippen molar-refractivity contribution in [2.24, 2.45) is 0 Å². The predicted molar refractivity (Wildman–Crippen MR) is 95.9 cm³/mol. The van der Waals surface area contributed by atoms with Crippen molar-refractivity contribution in [2.45, 2.75) is 58.5 Å². The molecule has 0 rings (SSSR count). The summed E-state index contributed by atoms with van der Waals surface area (Å²) in [5.41, 5.74) is -0.896. The van der Waals surface area contributed by atoms with Gasteiger partial charge in [-0.05, 0) is 0 Å². The first-order valence-electron chi connectivity index (χ1n) is 7.16. The van der Waals surface area contributed by atoms with Gasteiger partial charge in [0.15, 0.2) is 0 Å². The molecule has 0 bridgehead atoms. The number of rotatable bonds is 6. The van der Waals surface area contributed by atoms with Gasteiger partial charge in [0, 0.05) is 21.3 Å². The van der Waals surface area contributed by atoms with E-state index in [4.69, 9.17) is 14.7 Å². The molecular weight excluding hydrogens is 381 g/mol. The Hall–Kier alpha value is 0.450. The molecule has 3 N–H and O–H groups in total. The van der Waals surface area contributed by atoms with Crippen LogP contribution in [-0.2, 0) is 27.3 Å². The number of hydrogen-bond acceptors (Lipinski definition) is 6. The highest BCUT2D eigenvalue weighted by Crippen LogP contribution is 2.50. The Morgan fingerprint density at radius 2 is 0.917 bits per heavy atom. The molecular formula is C12H33O9P3. The molecule has 150 valence electrons. The van der Waals surface area contributed by atoms with Gasteiger partial charge in [0.2, 0.25) is 0 Å². The van der Waals surface area contributed by atoms with Crippen LogP contribution in [0.1, 0.15) is 41.5 Å². The average Bonchev–Trinajstić information content (AvgIpc) is 2.46. The summed E-state index contributed by atoms with van der Waals surface area (Å²) < 4.78 is 45.5. The predicted octanol–water partition coefficient (Wildman–Crippen LogP) is 3.68. The Balaban J connectivity index is -0.000000278. The van der Waals surface area contributed by atoms with Crippen LogP contribution in [-0.4, -0.2) is 53.0 Å². The SMILES string of the molecule is CC(C)P(=O)(O)O.COP(=O)(O)C(C)C.COP(=O)(OC)C(C)C. The Labute approximate surface area is 145 Å². The van der Waals surface area contributed by atoms with Crippen molar-refractivity contribution in [3.05, 3.63) is 0 Å². The van der Waals surface area contributed by atoms with Gasteiger partial charge in [-0.3, -0.25) is 13.7 Å². The molecule has 0 aliphatic carbocycles. The van der Waals surface area contributed by atoms with E-state index in [2.05, 4.69) is 13.6 Å². The lowest BCUT2D eigenvalue weighted by atomic mass is 10.6. The highest BCUT2D eigenvalue weighted by atomic mass is 31.2. The maximum absolute atomic E-state index is 11.2. The zero-order valence-electron chi connectivity index (χ0n) is 15.9. The van der Waals surface area contributed by atoms with Gasteiger partial charge in [-0.2, -0.15) is 0 Å². The van der Waals surface area contributed by atoms with E-state index in [0.717, 1.165) is 0 Å². The molecule has 9 nitrogen and oxygen atoms in total. The fraction of sp³-hybridized carbons (Fsp3) is 1.00. The molecule has 1 atom stereocenters. The summed E-state index contributed by atoms with van der Waals surface area (Å²) in [5.74, 6) is 0. The van der Waals surface area contributed by atoms with Crippen molar-refractivity contribution in [3.63, 3.8) is 0 Å². The van der Waals surface area contributed by atoms with Gasteiger partial charge in [-0.1, -0.05) is 41.5 Å². The molecule has 0 fully saturated rings. The Bertz CT molecular complexity index is 449. The van der Waals surface area contributed by atoms with E-state index in [0.29, 0.717) is 0 Å². The van der Waals surface area contributed by atoms with E-state index >= 15 is 0 Å². The molecule has 0 aromatic heterocycles.